The van der Waals surface area contributed by atoms with E-state index in [4.69, 9.17) is 9.47 Å². The van der Waals surface area contributed by atoms with Gasteiger partial charge in [0.2, 0.25) is 5.91 Å². The van der Waals surface area contributed by atoms with E-state index in [-0.39, 0.29) is 17.6 Å². The molecule has 5 nitrogen and oxygen atoms in total. The summed E-state index contributed by atoms with van der Waals surface area (Å²) in [6, 6.07) is 8.43. The summed E-state index contributed by atoms with van der Waals surface area (Å²) in [6.45, 7) is 4.92. The van der Waals surface area contributed by atoms with Crippen LogP contribution in [0.1, 0.15) is 31.7 Å². The summed E-state index contributed by atoms with van der Waals surface area (Å²) in [7, 11) is 0. The number of benzene rings is 1. The molecule has 25 heavy (non-hydrogen) atoms. The highest BCUT2D eigenvalue weighted by atomic mass is 16.5. The van der Waals surface area contributed by atoms with Gasteiger partial charge in [-0.3, -0.25) is 4.79 Å². The number of hydrogen-bond donors (Lipinski definition) is 1. The first-order chi connectivity index (χ1) is 12.1. The molecule has 0 bridgehead atoms. The Kier molecular flexibility index (Phi) is 4.52. The summed E-state index contributed by atoms with van der Waals surface area (Å²) in [5, 5.41) is 1.20. The molecule has 1 unspecified atom stereocenters. The van der Waals surface area contributed by atoms with Crippen molar-refractivity contribution in [2.45, 2.75) is 44.3 Å². The van der Waals surface area contributed by atoms with E-state index in [1.165, 1.54) is 10.9 Å². The fraction of sp³-hybridized carbons (Fsp3) is 0.550. The lowest BCUT2D eigenvalue weighted by Gasteiger charge is -2.47. The number of aromatic amines is 1. The second-order valence-electron chi connectivity index (χ2n) is 7.40. The second-order valence-corrected chi connectivity index (χ2v) is 7.40. The molecule has 0 aliphatic carbocycles. The Morgan fingerprint density at radius 1 is 1.32 bits per heavy atom. The zero-order valence-corrected chi connectivity index (χ0v) is 14.8. The number of H-pyrrole nitrogens is 1. The van der Waals surface area contributed by atoms with Gasteiger partial charge in [-0.1, -0.05) is 6.07 Å². The van der Waals surface area contributed by atoms with Crippen LogP contribution in [-0.4, -0.2) is 53.8 Å². The van der Waals surface area contributed by atoms with Crippen LogP contribution in [0.5, 0.6) is 0 Å². The van der Waals surface area contributed by atoms with Crippen molar-refractivity contribution in [1.29, 1.82) is 0 Å². The van der Waals surface area contributed by atoms with Crippen LogP contribution in [0.15, 0.2) is 30.5 Å². The maximum Gasteiger partial charge on any atom is 0.223 e. The summed E-state index contributed by atoms with van der Waals surface area (Å²) < 4.78 is 11.7. The Morgan fingerprint density at radius 2 is 2.16 bits per heavy atom. The monoisotopic (exact) mass is 342 g/mol. The highest BCUT2D eigenvalue weighted by molar-refractivity contribution is 5.80. The Labute approximate surface area is 148 Å². The number of rotatable bonds is 3. The van der Waals surface area contributed by atoms with Gasteiger partial charge in [-0.15, -0.1) is 0 Å². The van der Waals surface area contributed by atoms with Crippen LogP contribution in [0.3, 0.4) is 0 Å². The molecule has 1 amide bonds. The number of carbonyl (C=O) groups excluding carboxylic acids is 1. The first kappa shape index (κ1) is 16.6. The number of ether oxygens (including phenoxy) is 2. The predicted octanol–water partition coefficient (Wildman–Crippen LogP) is 2.90. The number of fused-ring (bicyclic) bond motifs is 1. The summed E-state index contributed by atoms with van der Waals surface area (Å²) >= 11 is 0. The summed E-state index contributed by atoms with van der Waals surface area (Å²) in [5.41, 5.74) is 2.15. The minimum absolute atomic E-state index is 0.0898. The zero-order chi connectivity index (χ0) is 17.3. The van der Waals surface area contributed by atoms with Crippen LogP contribution in [0.2, 0.25) is 0 Å². The molecule has 1 N–H and O–H groups in total. The fourth-order valence-electron chi connectivity index (χ4n) is 4.10. The van der Waals surface area contributed by atoms with Crippen LogP contribution in [0.4, 0.5) is 0 Å². The predicted molar refractivity (Wildman–Crippen MR) is 96.5 cm³/mol. The third-order valence-corrected chi connectivity index (χ3v) is 5.41. The first-order valence-corrected chi connectivity index (χ1v) is 9.23. The topological polar surface area (TPSA) is 54.6 Å². The number of aryl methyl sites for hydroxylation is 1. The Morgan fingerprint density at radius 3 is 3.00 bits per heavy atom. The molecule has 134 valence electrons. The van der Waals surface area contributed by atoms with E-state index >= 15 is 0 Å². The molecule has 0 radical (unpaired) electrons. The second kappa shape index (κ2) is 6.81. The van der Waals surface area contributed by atoms with Gasteiger partial charge in [0.15, 0.2) is 0 Å². The van der Waals surface area contributed by atoms with E-state index in [1.807, 2.05) is 11.1 Å². The molecular weight excluding hydrogens is 316 g/mol. The number of nitrogens with zero attached hydrogens (tertiary/aromatic N) is 1. The number of hydrogen-bond acceptors (Lipinski definition) is 3. The van der Waals surface area contributed by atoms with Gasteiger partial charge in [-0.05, 0) is 42.5 Å². The molecule has 2 fully saturated rings. The normalized spacial score (nSPS) is 23.2. The van der Waals surface area contributed by atoms with Gasteiger partial charge >= 0.3 is 0 Å². The molecule has 2 aliphatic rings. The first-order valence-electron chi connectivity index (χ1n) is 9.23. The Hall–Kier alpha value is -1.85. The van der Waals surface area contributed by atoms with Crippen LogP contribution in [0, 0.1) is 0 Å². The van der Waals surface area contributed by atoms with Gasteiger partial charge in [-0.25, -0.2) is 0 Å². The average molecular weight is 342 g/mol. The van der Waals surface area contributed by atoms with E-state index in [2.05, 4.69) is 36.2 Å². The third kappa shape index (κ3) is 3.58. The summed E-state index contributed by atoms with van der Waals surface area (Å²) in [4.78, 5) is 18.0. The fourth-order valence-corrected chi connectivity index (χ4v) is 4.10. The Balaban J connectivity index is 1.39. The lowest BCUT2D eigenvalue weighted by Crippen LogP contribution is -2.58. The summed E-state index contributed by atoms with van der Waals surface area (Å²) in [6.07, 6.45) is 5.13. The molecule has 0 saturated carbocycles. The van der Waals surface area contributed by atoms with Crippen LogP contribution in [-0.2, 0) is 20.7 Å². The standard InChI is InChI=1S/C20H26N2O3/c1-15-13-22(14-20(25-15)7-10-24-11-8-20)19(23)5-3-16-2-4-18-17(12-16)6-9-21-18/h2,4,6,9,12,15,21H,3,5,7-8,10-11,13-14H2,1H3. The maximum absolute atomic E-state index is 12.8. The van der Waals surface area contributed by atoms with Crippen molar-refractivity contribution in [2.24, 2.45) is 0 Å². The van der Waals surface area contributed by atoms with Gasteiger partial charge in [0.05, 0.1) is 11.7 Å². The van der Waals surface area contributed by atoms with Crippen molar-refractivity contribution in [2.75, 3.05) is 26.3 Å². The number of nitrogens with one attached hydrogen (secondary N) is 1. The van der Waals surface area contributed by atoms with Gasteiger partial charge < -0.3 is 19.4 Å². The molecular formula is C20H26N2O3. The number of carbonyl (C=O) groups is 1. The largest absolute Gasteiger partial charge is 0.381 e. The minimum atomic E-state index is -0.199. The maximum atomic E-state index is 12.8. The van der Waals surface area contributed by atoms with Crippen molar-refractivity contribution in [3.8, 4) is 0 Å². The van der Waals surface area contributed by atoms with E-state index in [0.717, 1.165) is 38.0 Å². The molecule has 2 aliphatic heterocycles. The van der Waals surface area contributed by atoms with E-state index in [1.54, 1.807) is 0 Å². The minimum Gasteiger partial charge on any atom is -0.381 e. The number of aromatic nitrogens is 1. The molecule has 1 atom stereocenters. The van der Waals surface area contributed by atoms with E-state index < -0.39 is 0 Å². The molecule has 1 aromatic carbocycles. The van der Waals surface area contributed by atoms with Crippen molar-refractivity contribution < 1.29 is 14.3 Å². The van der Waals surface area contributed by atoms with Crippen LogP contribution in [0.25, 0.3) is 10.9 Å². The van der Waals surface area contributed by atoms with Crippen molar-refractivity contribution in [3.05, 3.63) is 36.0 Å². The van der Waals surface area contributed by atoms with Gasteiger partial charge in [0, 0.05) is 57.3 Å². The lowest BCUT2D eigenvalue weighted by molar-refractivity contribution is -0.189. The van der Waals surface area contributed by atoms with Crippen LogP contribution >= 0.6 is 0 Å². The molecule has 5 heteroatoms. The number of amides is 1. The number of morpholine rings is 1. The zero-order valence-electron chi connectivity index (χ0n) is 14.8. The Bertz CT molecular complexity index is 748. The molecule has 4 rings (SSSR count). The SMILES string of the molecule is CC1CN(C(=O)CCc2ccc3[nH]ccc3c2)CC2(CCOCC2)O1. The summed E-state index contributed by atoms with van der Waals surface area (Å²) in [5.74, 6) is 0.232. The molecule has 1 aromatic heterocycles. The lowest BCUT2D eigenvalue weighted by atomic mass is 9.91. The van der Waals surface area contributed by atoms with E-state index in [0.29, 0.717) is 19.5 Å². The van der Waals surface area contributed by atoms with Gasteiger partial charge in [-0.2, -0.15) is 0 Å². The van der Waals surface area contributed by atoms with Crippen molar-refractivity contribution >= 4 is 16.8 Å². The van der Waals surface area contributed by atoms with Gasteiger partial charge in [0.25, 0.3) is 0 Å². The molecule has 2 aromatic rings. The third-order valence-electron chi connectivity index (χ3n) is 5.41. The highest BCUT2D eigenvalue weighted by Gasteiger charge is 2.41. The quantitative estimate of drug-likeness (QED) is 0.933. The van der Waals surface area contributed by atoms with E-state index in [9.17, 15) is 4.79 Å². The highest BCUT2D eigenvalue weighted by Crippen LogP contribution is 2.31. The molecule has 1 spiro atoms. The molecule has 2 saturated heterocycles. The molecule has 3 heterocycles. The van der Waals surface area contributed by atoms with Crippen LogP contribution < -0.4 is 0 Å². The smallest absolute Gasteiger partial charge is 0.223 e. The van der Waals surface area contributed by atoms with Crippen molar-refractivity contribution in [1.82, 2.24) is 9.88 Å². The van der Waals surface area contributed by atoms with Gasteiger partial charge in [0.1, 0.15) is 0 Å². The average Bonchev–Trinajstić information content (AvgIpc) is 3.07. The van der Waals surface area contributed by atoms with Crippen molar-refractivity contribution in [3.63, 3.8) is 0 Å².